The number of aromatic nitrogens is 1. The van der Waals surface area contributed by atoms with E-state index in [9.17, 15) is 4.39 Å². The Morgan fingerprint density at radius 3 is 2.78 bits per heavy atom. The molecular weight excluding hydrogens is 299 g/mol. The van der Waals surface area contributed by atoms with Crippen LogP contribution in [0.4, 0.5) is 10.1 Å². The molecule has 1 heterocycles. The summed E-state index contributed by atoms with van der Waals surface area (Å²) >= 11 is 3.37. The van der Waals surface area contributed by atoms with Crippen molar-refractivity contribution in [2.75, 3.05) is 5.73 Å². The van der Waals surface area contributed by atoms with Crippen LogP contribution in [0.25, 0.3) is 22.6 Å². The number of benzene rings is 2. The molecule has 2 aromatic carbocycles. The van der Waals surface area contributed by atoms with E-state index in [2.05, 4.69) is 20.9 Å². The molecule has 0 amide bonds. The van der Waals surface area contributed by atoms with Crippen LogP contribution in [0.1, 0.15) is 0 Å². The van der Waals surface area contributed by atoms with Gasteiger partial charge in [-0.3, -0.25) is 0 Å². The Kier molecular flexibility index (Phi) is 2.56. The maximum Gasteiger partial charge on any atom is 0.230 e. The van der Waals surface area contributed by atoms with Gasteiger partial charge in [0, 0.05) is 5.69 Å². The van der Waals surface area contributed by atoms with E-state index < -0.39 is 5.82 Å². The predicted octanol–water partition coefficient (Wildman–Crippen LogP) is 3.98. The van der Waals surface area contributed by atoms with Crippen molar-refractivity contribution in [1.29, 1.82) is 0 Å². The first-order chi connectivity index (χ1) is 8.65. The van der Waals surface area contributed by atoms with Crippen molar-refractivity contribution in [3.8, 4) is 11.5 Å². The van der Waals surface area contributed by atoms with Gasteiger partial charge in [0.1, 0.15) is 11.3 Å². The normalized spacial score (nSPS) is 11.0. The molecule has 0 bridgehead atoms. The van der Waals surface area contributed by atoms with Crippen LogP contribution in [0.15, 0.2) is 45.3 Å². The summed E-state index contributed by atoms with van der Waals surface area (Å²) in [6.45, 7) is 0. The molecule has 0 fully saturated rings. The molecule has 18 heavy (non-hydrogen) atoms. The highest BCUT2D eigenvalue weighted by Gasteiger charge is 2.13. The Labute approximate surface area is 111 Å². The van der Waals surface area contributed by atoms with Crippen molar-refractivity contribution in [2.45, 2.75) is 0 Å². The molecule has 0 aliphatic heterocycles. The van der Waals surface area contributed by atoms with Gasteiger partial charge in [-0.25, -0.2) is 9.37 Å². The van der Waals surface area contributed by atoms with Gasteiger partial charge in [0.05, 0.1) is 10.0 Å². The maximum absolute atomic E-state index is 13.8. The molecule has 3 aromatic rings. The first-order valence-electron chi connectivity index (χ1n) is 5.25. The second-order valence-corrected chi connectivity index (χ2v) is 4.70. The van der Waals surface area contributed by atoms with Crippen LogP contribution in [-0.4, -0.2) is 4.98 Å². The average Bonchev–Trinajstić information content (AvgIpc) is 2.74. The lowest BCUT2D eigenvalue weighted by Crippen LogP contribution is -1.89. The summed E-state index contributed by atoms with van der Waals surface area (Å²) in [4.78, 5) is 4.26. The van der Waals surface area contributed by atoms with Gasteiger partial charge >= 0.3 is 0 Å². The van der Waals surface area contributed by atoms with Crippen molar-refractivity contribution in [3.63, 3.8) is 0 Å². The van der Waals surface area contributed by atoms with Crippen LogP contribution in [0.5, 0.6) is 0 Å². The fourth-order valence-electron chi connectivity index (χ4n) is 1.74. The minimum absolute atomic E-state index is 0.245. The Morgan fingerprint density at radius 2 is 2.06 bits per heavy atom. The molecule has 0 radical (unpaired) electrons. The number of hydrogen-bond acceptors (Lipinski definition) is 3. The third-order valence-electron chi connectivity index (χ3n) is 2.59. The van der Waals surface area contributed by atoms with Crippen LogP contribution < -0.4 is 5.73 Å². The Morgan fingerprint density at radius 1 is 1.22 bits per heavy atom. The second kappa shape index (κ2) is 4.10. The van der Waals surface area contributed by atoms with Gasteiger partial charge in [-0.05, 0) is 46.3 Å². The molecule has 0 unspecified atom stereocenters. The number of anilines is 1. The van der Waals surface area contributed by atoms with Gasteiger partial charge in [-0.1, -0.05) is 6.07 Å². The van der Waals surface area contributed by atoms with Crippen LogP contribution in [0.2, 0.25) is 0 Å². The van der Waals surface area contributed by atoms with Crippen LogP contribution >= 0.6 is 15.9 Å². The van der Waals surface area contributed by atoms with Crippen molar-refractivity contribution in [2.24, 2.45) is 0 Å². The van der Waals surface area contributed by atoms with E-state index in [4.69, 9.17) is 10.2 Å². The molecule has 5 heteroatoms. The summed E-state index contributed by atoms with van der Waals surface area (Å²) in [6, 6.07) is 9.92. The molecule has 2 N–H and O–H groups in total. The lowest BCUT2D eigenvalue weighted by Gasteiger charge is -1.98. The summed E-state index contributed by atoms with van der Waals surface area (Å²) < 4.78 is 20.1. The smallest absolute Gasteiger partial charge is 0.230 e. The Bertz CT molecular complexity index is 739. The van der Waals surface area contributed by atoms with Gasteiger partial charge in [0.25, 0.3) is 0 Å². The van der Waals surface area contributed by atoms with Crippen LogP contribution in [0.3, 0.4) is 0 Å². The highest BCUT2D eigenvalue weighted by molar-refractivity contribution is 9.10. The summed E-state index contributed by atoms with van der Waals surface area (Å²) in [5.41, 5.74) is 7.45. The summed E-state index contributed by atoms with van der Waals surface area (Å²) in [6.07, 6.45) is 0. The molecule has 0 saturated carbocycles. The number of hydrogen-bond donors (Lipinski definition) is 1. The third-order valence-corrected chi connectivity index (χ3v) is 3.21. The standard InChI is InChI=1S/C13H8BrFN2O/c14-9-2-1-3-11-12(9)18-13(17-11)8-5-4-7(16)6-10(8)15/h1-6H,16H2. The SMILES string of the molecule is Nc1ccc(-c2nc3cccc(Br)c3o2)c(F)c1. The van der Waals surface area contributed by atoms with E-state index in [1.165, 1.54) is 6.07 Å². The van der Waals surface area contributed by atoms with E-state index in [-0.39, 0.29) is 5.89 Å². The second-order valence-electron chi connectivity index (χ2n) is 3.85. The summed E-state index contributed by atoms with van der Waals surface area (Å²) in [5, 5.41) is 0. The Balaban J connectivity index is 2.23. The molecule has 0 aliphatic rings. The van der Waals surface area contributed by atoms with E-state index in [0.717, 1.165) is 4.47 Å². The number of nitrogens with zero attached hydrogens (tertiary/aromatic N) is 1. The molecular formula is C13H8BrFN2O. The number of halogens is 2. The molecule has 3 nitrogen and oxygen atoms in total. The van der Waals surface area contributed by atoms with Crippen molar-refractivity contribution < 1.29 is 8.81 Å². The van der Waals surface area contributed by atoms with Gasteiger partial charge in [-0.15, -0.1) is 0 Å². The number of nitrogens with two attached hydrogens (primary N) is 1. The molecule has 1 aromatic heterocycles. The predicted molar refractivity (Wildman–Crippen MR) is 71.5 cm³/mol. The minimum atomic E-state index is -0.447. The van der Waals surface area contributed by atoms with E-state index >= 15 is 0 Å². The van der Waals surface area contributed by atoms with Crippen LogP contribution in [0, 0.1) is 5.82 Å². The number of rotatable bonds is 1. The lowest BCUT2D eigenvalue weighted by molar-refractivity contribution is 0.593. The van der Waals surface area contributed by atoms with Crippen molar-refractivity contribution in [3.05, 3.63) is 46.7 Å². The third kappa shape index (κ3) is 1.76. The molecule has 3 rings (SSSR count). The Hall–Kier alpha value is -1.88. The molecule has 90 valence electrons. The number of fused-ring (bicyclic) bond motifs is 1. The highest BCUT2D eigenvalue weighted by atomic mass is 79.9. The maximum atomic E-state index is 13.8. The van der Waals surface area contributed by atoms with Gasteiger partial charge in [0.15, 0.2) is 5.58 Å². The molecule has 0 aliphatic carbocycles. The fraction of sp³-hybridized carbons (Fsp3) is 0. The highest BCUT2D eigenvalue weighted by Crippen LogP contribution is 2.30. The summed E-state index contributed by atoms with van der Waals surface area (Å²) in [5.74, 6) is -0.202. The largest absolute Gasteiger partial charge is 0.435 e. The number of oxazole rings is 1. The zero-order chi connectivity index (χ0) is 12.7. The quantitative estimate of drug-likeness (QED) is 0.692. The number of nitrogen functional groups attached to an aromatic ring is 1. The van der Waals surface area contributed by atoms with E-state index in [0.29, 0.717) is 22.4 Å². The first-order valence-corrected chi connectivity index (χ1v) is 6.05. The van der Waals surface area contributed by atoms with Crippen LogP contribution in [-0.2, 0) is 0 Å². The lowest BCUT2D eigenvalue weighted by atomic mass is 10.2. The van der Waals surface area contributed by atoms with Crippen molar-refractivity contribution >= 4 is 32.7 Å². The monoisotopic (exact) mass is 306 g/mol. The van der Waals surface area contributed by atoms with Gasteiger partial charge in [0.2, 0.25) is 5.89 Å². The zero-order valence-electron chi connectivity index (χ0n) is 9.15. The van der Waals surface area contributed by atoms with E-state index in [1.807, 2.05) is 18.2 Å². The topological polar surface area (TPSA) is 52.0 Å². The molecule has 0 spiro atoms. The molecule has 0 atom stereocenters. The van der Waals surface area contributed by atoms with Gasteiger partial charge in [-0.2, -0.15) is 0 Å². The van der Waals surface area contributed by atoms with E-state index in [1.54, 1.807) is 12.1 Å². The summed E-state index contributed by atoms with van der Waals surface area (Å²) in [7, 11) is 0. The fourth-order valence-corrected chi connectivity index (χ4v) is 2.17. The molecule has 0 saturated heterocycles. The average molecular weight is 307 g/mol. The number of para-hydroxylation sites is 1. The first kappa shape index (κ1) is 11.2. The van der Waals surface area contributed by atoms with Crippen molar-refractivity contribution in [1.82, 2.24) is 4.98 Å². The minimum Gasteiger partial charge on any atom is -0.435 e. The van der Waals surface area contributed by atoms with Gasteiger partial charge < -0.3 is 10.2 Å². The zero-order valence-corrected chi connectivity index (χ0v) is 10.7.